The molecule has 2 rings (SSSR count). The molecule has 0 unspecified atom stereocenters. The predicted molar refractivity (Wildman–Crippen MR) is 76.9 cm³/mol. The van der Waals surface area contributed by atoms with Gasteiger partial charge in [0.15, 0.2) is 0 Å². The van der Waals surface area contributed by atoms with Gasteiger partial charge in [0.2, 0.25) is 0 Å². The lowest BCUT2D eigenvalue weighted by molar-refractivity contribution is 0.427. The maximum absolute atomic E-state index is 13.2. The highest BCUT2D eigenvalue weighted by Crippen LogP contribution is 2.31. The molecule has 20 heavy (non-hydrogen) atoms. The highest BCUT2D eigenvalue weighted by atomic mass is 19.1. The molecular weight excluding hydrogens is 253 g/mol. The van der Waals surface area contributed by atoms with E-state index >= 15 is 0 Å². The van der Waals surface area contributed by atoms with Crippen molar-refractivity contribution >= 4 is 0 Å². The Morgan fingerprint density at radius 3 is 2.70 bits per heavy atom. The third kappa shape index (κ3) is 3.59. The lowest BCUT2D eigenvalue weighted by Crippen LogP contribution is -2.19. The lowest BCUT2D eigenvalue weighted by Gasteiger charge is -2.25. The van der Waals surface area contributed by atoms with Crippen LogP contribution in [0.5, 0.6) is 0 Å². The van der Waals surface area contributed by atoms with Crippen molar-refractivity contribution in [1.29, 1.82) is 0 Å². The smallest absolute Gasteiger partial charge is 0.141 e. The predicted octanol–water partition coefficient (Wildman–Crippen LogP) is 3.87. The SMILES string of the molecule is C[C@H](CCC(C)(C)c1ccncn1)c1cncc(F)c1. The molecule has 0 aliphatic heterocycles. The fourth-order valence-corrected chi connectivity index (χ4v) is 2.26. The summed E-state index contributed by atoms with van der Waals surface area (Å²) in [5, 5.41) is 0. The molecule has 0 fully saturated rings. The van der Waals surface area contributed by atoms with E-state index in [2.05, 4.69) is 35.7 Å². The van der Waals surface area contributed by atoms with Crippen molar-refractivity contribution < 1.29 is 4.39 Å². The van der Waals surface area contributed by atoms with Crippen LogP contribution in [0.1, 0.15) is 50.8 Å². The van der Waals surface area contributed by atoms with Crippen LogP contribution >= 0.6 is 0 Å². The molecule has 0 aliphatic rings. The summed E-state index contributed by atoms with van der Waals surface area (Å²) in [6.07, 6.45) is 8.26. The van der Waals surface area contributed by atoms with Crippen molar-refractivity contribution in [3.05, 3.63) is 54.1 Å². The van der Waals surface area contributed by atoms with Crippen LogP contribution in [-0.4, -0.2) is 15.0 Å². The standard InChI is InChI=1S/C16H20FN3/c1-12(13-8-14(17)10-19-9-13)4-6-16(2,3)15-5-7-18-11-20-15/h5,7-12H,4,6H2,1-3H3/t12-/m1/s1. The van der Waals surface area contributed by atoms with Gasteiger partial charge in [-0.15, -0.1) is 0 Å². The molecule has 0 aliphatic carbocycles. The maximum atomic E-state index is 13.2. The second kappa shape index (κ2) is 6.07. The quantitative estimate of drug-likeness (QED) is 0.830. The van der Waals surface area contributed by atoms with Crippen LogP contribution in [0.3, 0.4) is 0 Å². The molecule has 0 saturated heterocycles. The zero-order valence-electron chi connectivity index (χ0n) is 12.2. The van der Waals surface area contributed by atoms with E-state index in [0.717, 1.165) is 24.1 Å². The van der Waals surface area contributed by atoms with Crippen molar-refractivity contribution in [1.82, 2.24) is 15.0 Å². The molecule has 0 N–H and O–H groups in total. The highest BCUT2D eigenvalue weighted by molar-refractivity contribution is 5.16. The summed E-state index contributed by atoms with van der Waals surface area (Å²) in [6, 6.07) is 3.52. The molecule has 4 heteroatoms. The van der Waals surface area contributed by atoms with Crippen molar-refractivity contribution in [2.24, 2.45) is 0 Å². The van der Waals surface area contributed by atoms with Gasteiger partial charge in [-0.2, -0.15) is 0 Å². The number of pyridine rings is 1. The van der Waals surface area contributed by atoms with Crippen molar-refractivity contribution in [3.8, 4) is 0 Å². The lowest BCUT2D eigenvalue weighted by atomic mass is 9.81. The number of aromatic nitrogens is 3. The van der Waals surface area contributed by atoms with Gasteiger partial charge in [-0.1, -0.05) is 20.8 Å². The maximum Gasteiger partial charge on any atom is 0.141 e. The minimum atomic E-state index is -0.274. The highest BCUT2D eigenvalue weighted by Gasteiger charge is 2.23. The summed E-state index contributed by atoms with van der Waals surface area (Å²) >= 11 is 0. The molecule has 1 atom stereocenters. The average Bonchev–Trinajstić information content (AvgIpc) is 2.46. The Kier molecular flexibility index (Phi) is 4.42. The normalized spacial score (nSPS) is 13.2. The van der Waals surface area contributed by atoms with E-state index in [1.54, 1.807) is 24.8 Å². The largest absolute Gasteiger partial charge is 0.261 e. The minimum Gasteiger partial charge on any atom is -0.261 e. The summed E-state index contributed by atoms with van der Waals surface area (Å²) in [5.41, 5.74) is 1.97. The molecular formula is C16H20FN3. The Balaban J connectivity index is 2.01. The van der Waals surface area contributed by atoms with E-state index in [-0.39, 0.29) is 17.2 Å². The Labute approximate surface area is 119 Å². The van der Waals surface area contributed by atoms with E-state index in [4.69, 9.17) is 0 Å². The summed E-state index contributed by atoms with van der Waals surface area (Å²) < 4.78 is 13.2. The van der Waals surface area contributed by atoms with Crippen LogP contribution in [0, 0.1) is 5.82 Å². The molecule has 0 spiro atoms. The summed E-state index contributed by atoms with van der Waals surface area (Å²) in [6.45, 7) is 6.45. The van der Waals surface area contributed by atoms with Crippen molar-refractivity contribution in [3.63, 3.8) is 0 Å². The fraction of sp³-hybridized carbons (Fsp3) is 0.438. The molecule has 2 heterocycles. The topological polar surface area (TPSA) is 38.7 Å². The number of nitrogens with zero attached hydrogens (tertiary/aromatic N) is 3. The first-order chi connectivity index (χ1) is 9.49. The van der Waals surface area contributed by atoms with Crippen molar-refractivity contribution in [2.45, 2.75) is 44.9 Å². The number of rotatable bonds is 5. The van der Waals surface area contributed by atoms with E-state index in [1.165, 1.54) is 6.20 Å². The molecule has 2 aromatic heterocycles. The van der Waals surface area contributed by atoms with E-state index < -0.39 is 0 Å². The van der Waals surface area contributed by atoms with E-state index in [1.807, 2.05) is 6.07 Å². The number of halogens is 1. The van der Waals surface area contributed by atoms with Gasteiger partial charge in [0.05, 0.1) is 6.20 Å². The van der Waals surface area contributed by atoms with Gasteiger partial charge in [-0.05, 0) is 36.5 Å². The number of hydrogen-bond acceptors (Lipinski definition) is 3. The first kappa shape index (κ1) is 14.6. The second-order valence-electron chi connectivity index (χ2n) is 5.85. The first-order valence-corrected chi connectivity index (χ1v) is 6.86. The average molecular weight is 273 g/mol. The zero-order chi connectivity index (χ0) is 14.6. The van der Waals surface area contributed by atoms with Gasteiger partial charge >= 0.3 is 0 Å². The minimum absolute atomic E-state index is 0.0159. The van der Waals surface area contributed by atoms with Crippen LogP contribution in [0.2, 0.25) is 0 Å². The van der Waals surface area contributed by atoms with E-state index in [9.17, 15) is 4.39 Å². The Bertz CT molecular complexity index is 555. The van der Waals surface area contributed by atoms with Gasteiger partial charge in [-0.25, -0.2) is 14.4 Å². The third-order valence-corrected chi connectivity index (χ3v) is 3.77. The fourth-order valence-electron chi connectivity index (χ4n) is 2.26. The Morgan fingerprint density at radius 2 is 2.05 bits per heavy atom. The van der Waals surface area contributed by atoms with Gasteiger partial charge in [0.25, 0.3) is 0 Å². The van der Waals surface area contributed by atoms with E-state index in [0.29, 0.717) is 0 Å². The third-order valence-electron chi connectivity index (χ3n) is 3.77. The molecule has 2 aromatic rings. The second-order valence-corrected chi connectivity index (χ2v) is 5.85. The molecule has 3 nitrogen and oxygen atoms in total. The monoisotopic (exact) mass is 273 g/mol. The summed E-state index contributed by atoms with van der Waals surface area (Å²) in [4.78, 5) is 12.2. The zero-order valence-corrected chi connectivity index (χ0v) is 12.2. The summed E-state index contributed by atoms with van der Waals surface area (Å²) in [7, 11) is 0. The van der Waals surface area contributed by atoms with Crippen LogP contribution in [-0.2, 0) is 5.41 Å². The molecule has 0 saturated carbocycles. The molecule has 0 bridgehead atoms. The van der Waals surface area contributed by atoms with Gasteiger partial charge in [0.1, 0.15) is 12.1 Å². The molecule has 106 valence electrons. The molecule has 0 amide bonds. The van der Waals surface area contributed by atoms with Crippen LogP contribution < -0.4 is 0 Å². The Hall–Kier alpha value is -1.84. The van der Waals surface area contributed by atoms with Gasteiger partial charge in [0, 0.05) is 23.5 Å². The van der Waals surface area contributed by atoms with Crippen molar-refractivity contribution in [2.75, 3.05) is 0 Å². The van der Waals surface area contributed by atoms with Crippen LogP contribution in [0.25, 0.3) is 0 Å². The van der Waals surface area contributed by atoms with Gasteiger partial charge in [-0.3, -0.25) is 4.98 Å². The first-order valence-electron chi connectivity index (χ1n) is 6.86. The van der Waals surface area contributed by atoms with Gasteiger partial charge < -0.3 is 0 Å². The molecule has 0 radical (unpaired) electrons. The number of hydrogen-bond donors (Lipinski definition) is 0. The van der Waals surface area contributed by atoms with Crippen LogP contribution in [0.15, 0.2) is 37.1 Å². The summed E-state index contributed by atoms with van der Waals surface area (Å²) in [5.74, 6) is 0.00345. The molecule has 0 aromatic carbocycles. The Morgan fingerprint density at radius 1 is 1.25 bits per heavy atom. The van der Waals surface area contributed by atoms with Crippen LogP contribution in [0.4, 0.5) is 4.39 Å².